The highest BCUT2D eigenvalue weighted by atomic mass is 16.7. The predicted molar refractivity (Wildman–Crippen MR) is 177 cm³/mol. The lowest BCUT2D eigenvalue weighted by molar-refractivity contribution is -0.284. The summed E-state index contributed by atoms with van der Waals surface area (Å²) in [4.78, 5) is 4.55. The molecule has 0 atom stereocenters. The summed E-state index contributed by atoms with van der Waals surface area (Å²) >= 11 is 0. The van der Waals surface area contributed by atoms with Gasteiger partial charge in [-0.05, 0) is 48.5 Å². The summed E-state index contributed by atoms with van der Waals surface area (Å²) in [6.07, 6.45) is 0. The first-order valence-electron chi connectivity index (χ1n) is 15.9. The molecule has 0 saturated carbocycles. The van der Waals surface area contributed by atoms with Crippen molar-refractivity contribution in [3.05, 3.63) is 107 Å². The summed E-state index contributed by atoms with van der Waals surface area (Å²) < 4.78 is 38.6. The fraction of sp³-hybridized carbons (Fsp3) is 0.368. The molecule has 0 radical (unpaired) electrons. The van der Waals surface area contributed by atoms with Crippen molar-refractivity contribution in [1.29, 1.82) is 0 Å². The summed E-state index contributed by atoms with van der Waals surface area (Å²) in [5.41, 5.74) is 7.97. The van der Waals surface area contributed by atoms with Crippen molar-refractivity contribution in [2.24, 2.45) is 11.3 Å². The van der Waals surface area contributed by atoms with Gasteiger partial charge in [0.25, 0.3) is 0 Å². The van der Waals surface area contributed by atoms with Crippen LogP contribution in [0.15, 0.2) is 84.9 Å². The van der Waals surface area contributed by atoms with Crippen molar-refractivity contribution in [2.75, 3.05) is 64.0 Å². The van der Waals surface area contributed by atoms with Gasteiger partial charge in [-0.15, -0.1) is 0 Å². The molecule has 2 fully saturated rings. The van der Waals surface area contributed by atoms with Crippen LogP contribution in [0.2, 0.25) is 0 Å². The molecule has 4 aromatic rings. The van der Waals surface area contributed by atoms with E-state index < -0.39 is 11.6 Å². The van der Waals surface area contributed by atoms with Crippen LogP contribution in [0.3, 0.4) is 0 Å². The van der Waals surface area contributed by atoms with E-state index in [4.69, 9.17) is 28.4 Å². The molecule has 238 valence electrons. The van der Waals surface area contributed by atoms with Crippen molar-refractivity contribution in [2.45, 2.75) is 25.4 Å². The van der Waals surface area contributed by atoms with Gasteiger partial charge in [-0.25, -0.2) is 0 Å². The Morgan fingerprint density at radius 2 is 1.11 bits per heavy atom. The number of nitrogens with zero attached hydrogens (tertiary/aromatic N) is 2. The Hall–Kier alpha value is -4.08. The van der Waals surface area contributed by atoms with Crippen molar-refractivity contribution in [3.63, 3.8) is 0 Å². The molecule has 8 rings (SSSR count). The smallest absolute Gasteiger partial charge is 0.226 e. The van der Waals surface area contributed by atoms with E-state index in [2.05, 4.69) is 91.4 Å². The first-order valence-corrected chi connectivity index (χ1v) is 15.9. The first kappa shape index (κ1) is 29.3. The van der Waals surface area contributed by atoms with Crippen LogP contribution >= 0.6 is 0 Å². The van der Waals surface area contributed by atoms with Crippen LogP contribution < -0.4 is 19.3 Å². The molecule has 4 heterocycles. The minimum Gasteiger partial charge on any atom is -0.497 e. The minimum absolute atomic E-state index is 0.0793. The molecule has 2 saturated heterocycles. The molecule has 8 heteroatoms. The molecule has 0 amide bonds. The summed E-state index contributed by atoms with van der Waals surface area (Å²) in [5, 5.41) is 0. The minimum atomic E-state index is -1.03. The molecular weight excluding hydrogens is 580 g/mol. The average Bonchev–Trinajstić information content (AvgIpc) is 3.10. The molecule has 0 unspecified atom stereocenters. The fourth-order valence-electron chi connectivity index (χ4n) is 7.34. The van der Waals surface area contributed by atoms with Crippen LogP contribution in [0.5, 0.6) is 11.5 Å². The quantitative estimate of drug-likeness (QED) is 0.240. The molecule has 4 aliphatic rings. The second-order valence-corrected chi connectivity index (χ2v) is 13.4. The Balaban J connectivity index is 1.15. The standard InChI is InChI=1S/C38H40N2O6/c1-36(2)23-45-38(46-24-36)29-11-7-9-13-34(29)40(35-17-15-27(42-5)19-31(35)38)20-25-21-43-37(44-22-25)28-10-6-8-12-32(28)39(3)33-16-14-26(41-4)18-30(33)37/h6-19,25H,20-24H2,1-5H3. The van der Waals surface area contributed by atoms with Gasteiger partial charge in [-0.1, -0.05) is 50.2 Å². The van der Waals surface area contributed by atoms with Gasteiger partial charge in [0.2, 0.25) is 11.6 Å². The van der Waals surface area contributed by atoms with Gasteiger partial charge in [0, 0.05) is 52.9 Å². The Morgan fingerprint density at radius 3 is 1.74 bits per heavy atom. The lowest BCUT2D eigenvalue weighted by atomic mass is 9.85. The maximum absolute atomic E-state index is 6.91. The maximum Gasteiger partial charge on any atom is 0.226 e. The number of benzene rings is 4. The highest BCUT2D eigenvalue weighted by Crippen LogP contribution is 2.55. The predicted octanol–water partition coefficient (Wildman–Crippen LogP) is 7.08. The highest BCUT2D eigenvalue weighted by Gasteiger charge is 2.52. The monoisotopic (exact) mass is 620 g/mol. The third-order valence-corrected chi connectivity index (χ3v) is 9.76. The summed E-state index contributed by atoms with van der Waals surface area (Å²) in [7, 11) is 5.46. The van der Waals surface area contributed by atoms with E-state index >= 15 is 0 Å². The zero-order valence-corrected chi connectivity index (χ0v) is 27.0. The zero-order chi connectivity index (χ0) is 31.7. The van der Waals surface area contributed by atoms with Crippen molar-refractivity contribution in [3.8, 4) is 11.5 Å². The number of rotatable bonds is 4. The summed E-state index contributed by atoms with van der Waals surface area (Å²) in [5.74, 6) is -0.445. The molecule has 2 spiro atoms. The van der Waals surface area contributed by atoms with E-state index in [1.54, 1.807) is 14.2 Å². The van der Waals surface area contributed by atoms with E-state index in [9.17, 15) is 0 Å². The van der Waals surface area contributed by atoms with Gasteiger partial charge in [0.1, 0.15) is 11.5 Å². The van der Waals surface area contributed by atoms with Gasteiger partial charge in [-0.3, -0.25) is 0 Å². The maximum atomic E-state index is 6.91. The van der Waals surface area contributed by atoms with Crippen LogP contribution in [-0.4, -0.2) is 54.2 Å². The number of hydrogen-bond donors (Lipinski definition) is 0. The molecule has 0 aliphatic carbocycles. The van der Waals surface area contributed by atoms with Gasteiger partial charge in [-0.2, -0.15) is 0 Å². The Morgan fingerprint density at radius 1 is 0.630 bits per heavy atom. The molecule has 4 aromatic carbocycles. The molecule has 0 bridgehead atoms. The normalized spacial score (nSPS) is 21.6. The molecular formula is C38H40N2O6. The van der Waals surface area contributed by atoms with Gasteiger partial charge >= 0.3 is 0 Å². The Kier molecular flexibility index (Phi) is 6.85. The summed E-state index contributed by atoms with van der Waals surface area (Å²) in [6, 6.07) is 29.0. The number of ether oxygens (including phenoxy) is 6. The van der Waals surface area contributed by atoms with Gasteiger partial charge in [0.15, 0.2) is 0 Å². The van der Waals surface area contributed by atoms with Crippen LogP contribution in [-0.2, 0) is 30.5 Å². The van der Waals surface area contributed by atoms with Gasteiger partial charge < -0.3 is 38.2 Å². The Labute approximate surface area is 270 Å². The third-order valence-electron chi connectivity index (χ3n) is 9.76. The number of hydrogen-bond acceptors (Lipinski definition) is 8. The number of para-hydroxylation sites is 2. The number of methoxy groups -OCH3 is 2. The molecule has 0 aromatic heterocycles. The second-order valence-electron chi connectivity index (χ2n) is 13.4. The number of anilines is 4. The average molecular weight is 621 g/mol. The van der Waals surface area contributed by atoms with Crippen molar-refractivity contribution >= 4 is 22.7 Å². The van der Waals surface area contributed by atoms with Crippen LogP contribution in [0.4, 0.5) is 22.7 Å². The van der Waals surface area contributed by atoms with E-state index in [0.29, 0.717) is 33.0 Å². The lowest BCUT2D eigenvalue weighted by Gasteiger charge is -2.50. The fourth-order valence-corrected chi connectivity index (χ4v) is 7.34. The van der Waals surface area contributed by atoms with Crippen LogP contribution in [0.1, 0.15) is 36.1 Å². The third kappa shape index (κ3) is 4.35. The van der Waals surface area contributed by atoms with E-state index in [-0.39, 0.29) is 11.3 Å². The SMILES string of the molecule is COc1ccc2c(c1)C1(OCC(CN3c4ccccc4C4(OCC(C)(C)CO4)c4cc(OC)ccc43)CO1)c1ccccc1N2C. The lowest BCUT2D eigenvalue weighted by Crippen LogP contribution is -2.51. The topological polar surface area (TPSA) is 61.9 Å². The highest BCUT2D eigenvalue weighted by molar-refractivity contribution is 5.78. The van der Waals surface area contributed by atoms with Crippen molar-refractivity contribution < 1.29 is 28.4 Å². The van der Waals surface area contributed by atoms with E-state index in [1.165, 1.54) is 0 Å². The summed E-state index contributed by atoms with van der Waals surface area (Å²) in [6.45, 7) is 7.18. The molecule has 8 nitrogen and oxygen atoms in total. The van der Waals surface area contributed by atoms with Crippen LogP contribution in [0.25, 0.3) is 0 Å². The Bertz CT molecular complexity index is 1790. The van der Waals surface area contributed by atoms with E-state index in [0.717, 1.165) is 56.5 Å². The molecule has 0 N–H and O–H groups in total. The largest absolute Gasteiger partial charge is 0.497 e. The zero-order valence-electron chi connectivity index (χ0n) is 27.0. The number of fused-ring (bicyclic) bond motifs is 8. The van der Waals surface area contributed by atoms with E-state index in [1.807, 2.05) is 24.3 Å². The second kappa shape index (κ2) is 10.7. The van der Waals surface area contributed by atoms with Crippen LogP contribution in [0, 0.1) is 11.3 Å². The van der Waals surface area contributed by atoms with Gasteiger partial charge in [0.05, 0.1) is 57.7 Å². The van der Waals surface area contributed by atoms with Crippen molar-refractivity contribution in [1.82, 2.24) is 0 Å². The molecule has 4 aliphatic heterocycles. The first-order chi connectivity index (χ1) is 22.3. The molecule has 46 heavy (non-hydrogen) atoms.